The van der Waals surface area contributed by atoms with Crippen LogP contribution in [0, 0.1) is 20.8 Å². The number of rotatable bonds is 4. The molecule has 0 unspecified atom stereocenters. The largest absolute Gasteiger partial charge is 0.369 e. The fourth-order valence-electron chi connectivity index (χ4n) is 3.52. The summed E-state index contributed by atoms with van der Waals surface area (Å²) < 4.78 is 27.7. The van der Waals surface area contributed by atoms with Crippen LogP contribution in [0.1, 0.15) is 23.6 Å². The predicted octanol–water partition coefficient (Wildman–Crippen LogP) is 3.08. The monoisotopic (exact) mass is 401 g/mol. The molecule has 0 atom stereocenters. The second kappa shape index (κ2) is 7.93. The van der Waals surface area contributed by atoms with E-state index in [1.165, 1.54) is 23.7 Å². The Morgan fingerprint density at radius 2 is 1.64 bits per heavy atom. The first-order valence-electron chi connectivity index (χ1n) is 9.39. The van der Waals surface area contributed by atoms with Gasteiger partial charge in [-0.25, -0.2) is 8.42 Å². The minimum Gasteiger partial charge on any atom is -0.369 e. The van der Waals surface area contributed by atoms with Crippen LogP contribution in [0.4, 0.5) is 11.4 Å². The summed E-state index contributed by atoms with van der Waals surface area (Å²) in [5.41, 5.74) is 5.01. The lowest BCUT2D eigenvalue weighted by Crippen LogP contribution is -2.48. The summed E-state index contributed by atoms with van der Waals surface area (Å²) >= 11 is 0. The standard InChI is InChI=1S/C21H27N3O3S/c1-15-6-5-7-21(17(15)3)23-10-12-24(13-11-23)28(26,27)19-8-9-20(16(2)14-19)22-18(4)25/h5-9,14H,10-13H2,1-4H3,(H,22,25). The fraction of sp³-hybridized carbons (Fsp3) is 0.381. The molecule has 1 aliphatic heterocycles. The van der Waals surface area contributed by atoms with Crippen LogP contribution in [0.25, 0.3) is 0 Å². The van der Waals surface area contributed by atoms with Crippen molar-refractivity contribution in [1.82, 2.24) is 4.31 Å². The Morgan fingerprint density at radius 3 is 2.25 bits per heavy atom. The summed E-state index contributed by atoms with van der Waals surface area (Å²) in [6.45, 7) is 9.63. The van der Waals surface area contributed by atoms with Crippen molar-refractivity contribution < 1.29 is 13.2 Å². The van der Waals surface area contributed by atoms with E-state index < -0.39 is 10.0 Å². The third-order valence-corrected chi connectivity index (χ3v) is 7.20. The quantitative estimate of drug-likeness (QED) is 0.855. The smallest absolute Gasteiger partial charge is 0.243 e. The Morgan fingerprint density at radius 1 is 0.964 bits per heavy atom. The first-order valence-corrected chi connectivity index (χ1v) is 10.8. The maximum atomic E-state index is 13.1. The van der Waals surface area contributed by atoms with Crippen LogP contribution in [0.2, 0.25) is 0 Å². The van der Waals surface area contributed by atoms with Crippen molar-refractivity contribution in [1.29, 1.82) is 0 Å². The van der Waals surface area contributed by atoms with E-state index in [9.17, 15) is 13.2 Å². The molecular weight excluding hydrogens is 374 g/mol. The average molecular weight is 402 g/mol. The van der Waals surface area contributed by atoms with Crippen molar-refractivity contribution in [3.8, 4) is 0 Å². The Kier molecular flexibility index (Phi) is 5.76. The highest BCUT2D eigenvalue weighted by Crippen LogP contribution is 2.27. The molecule has 28 heavy (non-hydrogen) atoms. The Bertz CT molecular complexity index is 994. The lowest BCUT2D eigenvalue weighted by atomic mass is 10.1. The van der Waals surface area contributed by atoms with E-state index in [1.807, 2.05) is 6.07 Å². The average Bonchev–Trinajstić information content (AvgIpc) is 2.65. The second-order valence-corrected chi connectivity index (χ2v) is 9.21. The molecule has 1 fully saturated rings. The van der Waals surface area contributed by atoms with Gasteiger partial charge in [0.25, 0.3) is 0 Å². The predicted molar refractivity (Wildman–Crippen MR) is 112 cm³/mol. The van der Waals surface area contributed by atoms with Crippen LogP contribution in [0.5, 0.6) is 0 Å². The molecule has 1 N–H and O–H groups in total. The molecule has 1 heterocycles. The van der Waals surface area contributed by atoms with Gasteiger partial charge in [-0.3, -0.25) is 4.79 Å². The summed E-state index contributed by atoms with van der Waals surface area (Å²) in [5, 5.41) is 2.71. The fourth-order valence-corrected chi connectivity index (χ4v) is 5.03. The van der Waals surface area contributed by atoms with E-state index in [4.69, 9.17) is 0 Å². The van der Waals surface area contributed by atoms with Crippen LogP contribution >= 0.6 is 0 Å². The Hall–Kier alpha value is -2.38. The number of hydrogen-bond acceptors (Lipinski definition) is 4. The van der Waals surface area contributed by atoms with Gasteiger partial charge in [-0.1, -0.05) is 12.1 Å². The van der Waals surface area contributed by atoms with Crippen molar-refractivity contribution in [3.05, 3.63) is 53.1 Å². The first kappa shape index (κ1) is 20.4. The molecule has 0 bridgehead atoms. The lowest BCUT2D eigenvalue weighted by molar-refractivity contribution is -0.114. The number of piperazine rings is 1. The van der Waals surface area contributed by atoms with Gasteiger partial charge in [-0.15, -0.1) is 0 Å². The molecule has 7 heteroatoms. The third kappa shape index (κ3) is 4.05. The van der Waals surface area contributed by atoms with Crippen LogP contribution < -0.4 is 10.2 Å². The third-order valence-electron chi connectivity index (χ3n) is 5.30. The van der Waals surface area contributed by atoms with Gasteiger partial charge in [0.1, 0.15) is 0 Å². The number of hydrogen-bond donors (Lipinski definition) is 1. The molecule has 3 rings (SSSR count). The number of aryl methyl sites for hydroxylation is 2. The van der Waals surface area contributed by atoms with Crippen LogP contribution in [-0.4, -0.2) is 44.8 Å². The van der Waals surface area contributed by atoms with Gasteiger partial charge in [0, 0.05) is 44.5 Å². The van der Waals surface area contributed by atoms with Gasteiger partial charge in [-0.2, -0.15) is 4.31 Å². The molecule has 0 spiro atoms. The number of carbonyl (C=O) groups is 1. The highest BCUT2D eigenvalue weighted by Gasteiger charge is 2.29. The first-order chi connectivity index (χ1) is 13.2. The normalized spacial score (nSPS) is 15.5. The molecule has 150 valence electrons. The van der Waals surface area contributed by atoms with Gasteiger partial charge in [0.05, 0.1) is 4.90 Å². The number of carbonyl (C=O) groups excluding carboxylic acids is 1. The topological polar surface area (TPSA) is 69.7 Å². The molecule has 1 aliphatic rings. The molecule has 0 saturated carbocycles. The number of anilines is 2. The number of sulfonamides is 1. The number of nitrogens with one attached hydrogen (secondary N) is 1. The molecule has 1 saturated heterocycles. The summed E-state index contributed by atoms with van der Waals surface area (Å²) in [6, 6.07) is 11.1. The SMILES string of the molecule is CC(=O)Nc1ccc(S(=O)(=O)N2CCN(c3cccc(C)c3C)CC2)cc1C. The van der Waals surface area contributed by atoms with E-state index >= 15 is 0 Å². The maximum Gasteiger partial charge on any atom is 0.243 e. The van der Waals surface area contributed by atoms with Crippen molar-refractivity contribution in [3.63, 3.8) is 0 Å². The van der Waals surface area contributed by atoms with E-state index in [2.05, 4.69) is 36.2 Å². The molecule has 2 aromatic carbocycles. The van der Waals surface area contributed by atoms with Crippen LogP contribution in [-0.2, 0) is 14.8 Å². The molecule has 0 aromatic heterocycles. The summed E-state index contributed by atoms with van der Waals surface area (Å²) in [5.74, 6) is -0.179. The van der Waals surface area contributed by atoms with Gasteiger partial charge in [0.2, 0.25) is 15.9 Å². The zero-order chi connectivity index (χ0) is 20.5. The minimum atomic E-state index is -3.56. The Balaban J connectivity index is 1.75. The van der Waals surface area contributed by atoms with Crippen molar-refractivity contribution in [2.75, 3.05) is 36.4 Å². The summed E-state index contributed by atoms with van der Waals surface area (Å²) in [7, 11) is -3.56. The number of amides is 1. The zero-order valence-electron chi connectivity index (χ0n) is 16.8. The van der Waals surface area contributed by atoms with Gasteiger partial charge in [0.15, 0.2) is 0 Å². The van der Waals surface area contributed by atoms with E-state index in [0.29, 0.717) is 31.9 Å². The zero-order valence-corrected chi connectivity index (χ0v) is 17.6. The number of benzene rings is 2. The highest BCUT2D eigenvalue weighted by atomic mass is 32.2. The van der Waals surface area contributed by atoms with Crippen molar-refractivity contribution >= 4 is 27.3 Å². The van der Waals surface area contributed by atoms with Crippen LogP contribution in [0.3, 0.4) is 0 Å². The maximum absolute atomic E-state index is 13.1. The Labute approximate surface area is 167 Å². The highest BCUT2D eigenvalue weighted by molar-refractivity contribution is 7.89. The molecular formula is C21H27N3O3S. The number of nitrogens with zero attached hydrogens (tertiary/aromatic N) is 2. The molecule has 0 radical (unpaired) electrons. The molecule has 2 aromatic rings. The van der Waals surface area contributed by atoms with Gasteiger partial charge >= 0.3 is 0 Å². The lowest BCUT2D eigenvalue weighted by Gasteiger charge is -2.36. The van der Waals surface area contributed by atoms with E-state index in [-0.39, 0.29) is 10.8 Å². The van der Waals surface area contributed by atoms with Gasteiger partial charge < -0.3 is 10.2 Å². The summed E-state index contributed by atoms with van der Waals surface area (Å²) in [6.07, 6.45) is 0. The second-order valence-electron chi connectivity index (χ2n) is 7.27. The van der Waals surface area contributed by atoms with Crippen LogP contribution in [0.15, 0.2) is 41.3 Å². The summed E-state index contributed by atoms with van der Waals surface area (Å²) in [4.78, 5) is 13.8. The minimum absolute atomic E-state index is 0.179. The van der Waals surface area contributed by atoms with Crippen molar-refractivity contribution in [2.24, 2.45) is 0 Å². The van der Waals surface area contributed by atoms with Gasteiger partial charge in [-0.05, 0) is 61.7 Å². The molecule has 0 aliphatic carbocycles. The molecule has 6 nitrogen and oxygen atoms in total. The van der Waals surface area contributed by atoms with E-state index in [0.717, 1.165) is 5.56 Å². The van der Waals surface area contributed by atoms with Crippen molar-refractivity contribution in [2.45, 2.75) is 32.6 Å². The molecule has 1 amide bonds. The van der Waals surface area contributed by atoms with E-state index in [1.54, 1.807) is 29.4 Å².